The predicted octanol–water partition coefficient (Wildman–Crippen LogP) is 4.48. The Kier molecular flexibility index (Phi) is 4.72. The van der Waals surface area contributed by atoms with Crippen molar-refractivity contribution in [2.45, 2.75) is 44.6 Å². The molecular weight excluding hydrogens is 255 g/mol. The number of halogens is 2. The van der Waals surface area contributed by atoms with E-state index < -0.39 is 0 Å². The quantitative estimate of drug-likeness (QED) is 0.788. The Labute approximate surface area is 113 Å². The Morgan fingerprint density at radius 1 is 1.12 bits per heavy atom. The van der Waals surface area contributed by atoms with E-state index in [4.69, 9.17) is 23.2 Å². The van der Waals surface area contributed by atoms with Crippen LogP contribution in [0.25, 0.3) is 0 Å². The molecule has 0 aliphatic heterocycles. The normalized spacial score (nSPS) is 25.6. The number of hydrogen-bond acceptors (Lipinski definition) is 1. The smallest absolute Gasteiger partial charge is 0.0543 e. The minimum Gasteiger partial charge on any atom is -0.393 e. The van der Waals surface area contributed by atoms with E-state index in [0.717, 1.165) is 41.3 Å². The minimum absolute atomic E-state index is 0.149. The van der Waals surface area contributed by atoms with E-state index in [9.17, 15) is 5.11 Å². The molecule has 0 bridgehead atoms. The summed E-state index contributed by atoms with van der Waals surface area (Å²) in [5.74, 6) is 0.505. The lowest BCUT2D eigenvalue weighted by Crippen LogP contribution is -2.13. The van der Waals surface area contributed by atoms with Gasteiger partial charge in [-0.15, -0.1) is 0 Å². The van der Waals surface area contributed by atoms with Crippen molar-refractivity contribution in [2.75, 3.05) is 0 Å². The first-order valence-corrected chi connectivity index (χ1v) is 7.03. The van der Waals surface area contributed by atoms with Gasteiger partial charge in [0.2, 0.25) is 0 Å². The molecule has 3 heteroatoms. The molecule has 0 heterocycles. The molecule has 94 valence electrons. The topological polar surface area (TPSA) is 20.2 Å². The maximum Gasteiger partial charge on any atom is 0.0543 e. The number of aliphatic hydroxyl groups excluding tert-OH is 1. The molecule has 2 unspecified atom stereocenters. The summed E-state index contributed by atoms with van der Waals surface area (Å²) in [4.78, 5) is 0. The van der Waals surface area contributed by atoms with Crippen molar-refractivity contribution in [3.8, 4) is 0 Å². The third-order valence-electron chi connectivity index (χ3n) is 3.56. The Morgan fingerprint density at radius 3 is 2.47 bits per heavy atom. The fraction of sp³-hybridized carbons (Fsp3) is 0.571. The zero-order chi connectivity index (χ0) is 12.3. The van der Waals surface area contributed by atoms with Gasteiger partial charge in [0.05, 0.1) is 6.10 Å². The molecule has 1 saturated carbocycles. The van der Waals surface area contributed by atoms with Gasteiger partial charge in [-0.3, -0.25) is 0 Å². The molecule has 1 N–H and O–H groups in total. The van der Waals surface area contributed by atoms with Crippen LogP contribution in [0.5, 0.6) is 0 Å². The van der Waals surface area contributed by atoms with Gasteiger partial charge in [-0.1, -0.05) is 48.5 Å². The van der Waals surface area contributed by atoms with Crippen molar-refractivity contribution in [1.82, 2.24) is 0 Å². The molecule has 17 heavy (non-hydrogen) atoms. The van der Waals surface area contributed by atoms with Crippen LogP contribution in [0.1, 0.15) is 37.7 Å². The van der Waals surface area contributed by atoms with E-state index in [1.54, 1.807) is 0 Å². The van der Waals surface area contributed by atoms with E-state index in [2.05, 4.69) is 0 Å². The van der Waals surface area contributed by atoms with Gasteiger partial charge in [-0.2, -0.15) is 0 Å². The first kappa shape index (κ1) is 13.2. The van der Waals surface area contributed by atoms with Gasteiger partial charge in [0, 0.05) is 10.0 Å². The summed E-state index contributed by atoms with van der Waals surface area (Å²) >= 11 is 12.4. The van der Waals surface area contributed by atoms with Crippen molar-refractivity contribution in [3.05, 3.63) is 33.8 Å². The highest BCUT2D eigenvalue weighted by Gasteiger charge is 2.20. The summed E-state index contributed by atoms with van der Waals surface area (Å²) in [6, 6.07) is 5.64. The van der Waals surface area contributed by atoms with Crippen LogP contribution in [0.3, 0.4) is 0 Å². The van der Waals surface area contributed by atoms with Crippen molar-refractivity contribution in [1.29, 1.82) is 0 Å². The second-order valence-electron chi connectivity index (χ2n) is 4.94. The van der Waals surface area contributed by atoms with E-state index in [-0.39, 0.29) is 6.10 Å². The summed E-state index contributed by atoms with van der Waals surface area (Å²) in [5.41, 5.74) is 1.04. The summed E-state index contributed by atoms with van der Waals surface area (Å²) in [5, 5.41) is 11.3. The molecule has 2 atom stereocenters. The summed E-state index contributed by atoms with van der Waals surface area (Å²) in [7, 11) is 0. The van der Waals surface area contributed by atoms with Crippen LogP contribution in [0.15, 0.2) is 18.2 Å². The van der Waals surface area contributed by atoms with Gasteiger partial charge in [0.1, 0.15) is 0 Å². The molecule has 0 aromatic heterocycles. The zero-order valence-electron chi connectivity index (χ0n) is 9.83. The molecule has 1 aliphatic rings. The average Bonchev–Trinajstić information content (AvgIpc) is 2.48. The predicted molar refractivity (Wildman–Crippen MR) is 72.7 cm³/mol. The Balaban J connectivity index is 2.09. The fourth-order valence-electron chi connectivity index (χ4n) is 2.63. The van der Waals surface area contributed by atoms with Gasteiger partial charge in [-0.25, -0.2) is 0 Å². The summed E-state index contributed by atoms with van der Waals surface area (Å²) in [6.07, 6.45) is 6.05. The molecule has 0 amide bonds. The second kappa shape index (κ2) is 6.08. The molecule has 0 saturated heterocycles. The lowest BCUT2D eigenvalue weighted by atomic mass is 9.92. The first-order valence-electron chi connectivity index (χ1n) is 6.27. The highest BCUT2D eigenvalue weighted by molar-refractivity contribution is 6.35. The van der Waals surface area contributed by atoms with Crippen LogP contribution in [-0.4, -0.2) is 11.2 Å². The molecule has 1 aliphatic carbocycles. The van der Waals surface area contributed by atoms with Crippen LogP contribution in [0, 0.1) is 5.92 Å². The molecule has 1 aromatic carbocycles. The van der Waals surface area contributed by atoms with Crippen LogP contribution in [0.2, 0.25) is 10.0 Å². The Hall–Kier alpha value is -0.240. The molecule has 2 rings (SSSR count). The van der Waals surface area contributed by atoms with Gasteiger partial charge in [-0.05, 0) is 42.9 Å². The number of rotatable bonds is 2. The minimum atomic E-state index is -0.149. The van der Waals surface area contributed by atoms with E-state index in [1.165, 1.54) is 12.8 Å². The maximum atomic E-state index is 9.81. The third kappa shape index (κ3) is 3.61. The van der Waals surface area contributed by atoms with Crippen molar-refractivity contribution >= 4 is 23.2 Å². The van der Waals surface area contributed by atoms with E-state index in [0.29, 0.717) is 5.92 Å². The third-order valence-corrected chi connectivity index (χ3v) is 4.27. The number of hydrogen-bond donors (Lipinski definition) is 1. The van der Waals surface area contributed by atoms with Gasteiger partial charge < -0.3 is 5.11 Å². The van der Waals surface area contributed by atoms with Crippen LogP contribution >= 0.6 is 23.2 Å². The largest absolute Gasteiger partial charge is 0.393 e. The summed E-state index contributed by atoms with van der Waals surface area (Å²) < 4.78 is 0. The van der Waals surface area contributed by atoms with Crippen molar-refractivity contribution in [3.63, 3.8) is 0 Å². The average molecular weight is 273 g/mol. The zero-order valence-corrected chi connectivity index (χ0v) is 11.3. The van der Waals surface area contributed by atoms with E-state index in [1.807, 2.05) is 18.2 Å². The molecule has 1 nitrogen and oxygen atoms in total. The second-order valence-corrected chi connectivity index (χ2v) is 5.76. The monoisotopic (exact) mass is 272 g/mol. The molecular formula is C14H18Cl2O. The molecule has 1 aromatic rings. The molecule has 0 spiro atoms. The summed E-state index contributed by atoms with van der Waals surface area (Å²) in [6.45, 7) is 0. The van der Waals surface area contributed by atoms with E-state index >= 15 is 0 Å². The maximum absolute atomic E-state index is 9.81. The van der Waals surface area contributed by atoms with Gasteiger partial charge in [0.25, 0.3) is 0 Å². The Bertz CT molecular complexity index is 358. The lowest BCUT2D eigenvalue weighted by molar-refractivity contribution is 0.141. The SMILES string of the molecule is OC1CCCCC(Cc2c(Cl)cccc2Cl)C1. The highest BCUT2D eigenvalue weighted by Crippen LogP contribution is 2.32. The van der Waals surface area contributed by atoms with Crippen molar-refractivity contribution in [2.24, 2.45) is 5.92 Å². The Morgan fingerprint density at radius 2 is 1.76 bits per heavy atom. The molecule has 1 fully saturated rings. The van der Waals surface area contributed by atoms with Gasteiger partial charge >= 0.3 is 0 Å². The van der Waals surface area contributed by atoms with Gasteiger partial charge in [0.15, 0.2) is 0 Å². The standard InChI is InChI=1S/C14H18Cl2O/c15-13-6-3-7-14(16)12(13)9-10-4-1-2-5-11(17)8-10/h3,6-7,10-11,17H,1-2,4-5,8-9H2. The lowest BCUT2D eigenvalue weighted by Gasteiger charge is -2.18. The van der Waals surface area contributed by atoms with Crippen LogP contribution in [0.4, 0.5) is 0 Å². The molecule has 0 radical (unpaired) electrons. The van der Waals surface area contributed by atoms with Crippen LogP contribution < -0.4 is 0 Å². The van der Waals surface area contributed by atoms with Crippen LogP contribution in [-0.2, 0) is 6.42 Å². The highest BCUT2D eigenvalue weighted by atomic mass is 35.5. The van der Waals surface area contributed by atoms with Crippen molar-refractivity contribution < 1.29 is 5.11 Å². The fourth-order valence-corrected chi connectivity index (χ4v) is 3.19. The number of benzene rings is 1. The number of aliphatic hydroxyl groups is 1. The first-order chi connectivity index (χ1) is 8.16.